The summed E-state index contributed by atoms with van der Waals surface area (Å²) in [7, 11) is -4.33. The van der Waals surface area contributed by atoms with E-state index in [0.29, 0.717) is 6.61 Å². The van der Waals surface area contributed by atoms with Gasteiger partial charge in [0.05, 0.1) is 11.5 Å². The van der Waals surface area contributed by atoms with Crippen LogP contribution in [0, 0.1) is 15.9 Å². The van der Waals surface area contributed by atoms with Crippen molar-refractivity contribution in [1.82, 2.24) is 4.72 Å². The second kappa shape index (κ2) is 5.64. The lowest BCUT2D eigenvalue weighted by atomic mass is 10.1. The fourth-order valence-corrected chi connectivity index (χ4v) is 3.23. The highest BCUT2D eigenvalue weighted by atomic mass is 32.2. The standard InChI is InChI=1S/C11H13FN2O6S/c12-8-2-1-3-9(10(8)14(16)17)21(18,19)13-6-11(15)4-5-20-7-11/h1-3,13,15H,4-7H2. The molecule has 1 aliphatic heterocycles. The van der Waals surface area contributed by atoms with E-state index in [1.807, 2.05) is 0 Å². The molecule has 0 radical (unpaired) electrons. The number of hydrogen-bond donors (Lipinski definition) is 2. The minimum Gasteiger partial charge on any atom is -0.386 e. The molecule has 1 heterocycles. The summed E-state index contributed by atoms with van der Waals surface area (Å²) in [5, 5.41) is 20.8. The molecule has 21 heavy (non-hydrogen) atoms. The number of nitro groups is 1. The number of para-hydroxylation sites is 1. The predicted molar refractivity (Wildman–Crippen MR) is 68.6 cm³/mol. The normalized spacial score (nSPS) is 22.4. The molecule has 1 unspecified atom stereocenters. The van der Waals surface area contributed by atoms with Crippen LogP contribution in [-0.4, -0.2) is 43.8 Å². The molecule has 1 saturated heterocycles. The summed E-state index contributed by atoms with van der Waals surface area (Å²) >= 11 is 0. The Balaban J connectivity index is 2.28. The molecule has 0 spiro atoms. The summed E-state index contributed by atoms with van der Waals surface area (Å²) in [5.41, 5.74) is -2.49. The first kappa shape index (κ1) is 15.8. The summed E-state index contributed by atoms with van der Waals surface area (Å²) in [6, 6.07) is 2.79. The van der Waals surface area contributed by atoms with Crippen LogP contribution in [0.2, 0.25) is 0 Å². The van der Waals surface area contributed by atoms with Crippen molar-refractivity contribution in [3.05, 3.63) is 34.1 Å². The number of nitrogens with zero attached hydrogens (tertiary/aromatic N) is 1. The lowest BCUT2D eigenvalue weighted by Gasteiger charge is -2.20. The van der Waals surface area contributed by atoms with Crippen LogP contribution >= 0.6 is 0 Å². The van der Waals surface area contributed by atoms with Gasteiger partial charge in [-0.15, -0.1) is 0 Å². The number of aliphatic hydroxyl groups is 1. The molecule has 116 valence electrons. The van der Waals surface area contributed by atoms with Crippen LogP contribution in [-0.2, 0) is 14.8 Å². The zero-order chi connectivity index (χ0) is 15.7. The molecular formula is C11H13FN2O6S. The van der Waals surface area contributed by atoms with E-state index in [1.165, 1.54) is 0 Å². The maximum atomic E-state index is 13.4. The molecule has 1 aromatic rings. The maximum Gasteiger partial charge on any atom is 0.324 e. The molecule has 0 saturated carbocycles. The van der Waals surface area contributed by atoms with Crippen LogP contribution in [0.4, 0.5) is 10.1 Å². The number of sulfonamides is 1. The van der Waals surface area contributed by atoms with Crippen molar-refractivity contribution < 1.29 is 27.6 Å². The van der Waals surface area contributed by atoms with Crippen molar-refractivity contribution >= 4 is 15.7 Å². The zero-order valence-corrected chi connectivity index (χ0v) is 11.6. The van der Waals surface area contributed by atoms with E-state index in [0.717, 1.165) is 18.2 Å². The van der Waals surface area contributed by atoms with Crippen molar-refractivity contribution in [1.29, 1.82) is 0 Å². The van der Waals surface area contributed by atoms with E-state index < -0.39 is 36.9 Å². The van der Waals surface area contributed by atoms with E-state index in [1.54, 1.807) is 0 Å². The highest BCUT2D eigenvalue weighted by Gasteiger charge is 2.35. The number of ether oxygens (including phenoxy) is 1. The molecule has 1 aliphatic rings. The third-order valence-corrected chi connectivity index (χ3v) is 4.53. The Morgan fingerprint density at radius 2 is 2.24 bits per heavy atom. The minimum absolute atomic E-state index is 0.0409. The number of halogens is 1. The van der Waals surface area contributed by atoms with Crippen molar-refractivity contribution in [3.63, 3.8) is 0 Å². The van der Waals surface area contributed by atoms with Gasteiger partial charge in [0.1, 0.15) is 5.60 Å². The molecular weight excluding hydrogens is 307 g/mol. The summed E-state index contributed by atoms with van der Waals surface area (Å²) in [6.45, 7) is -0.123. The van der Waals surface area contributed by atoms with Crippen molar-refractivity contribution in [2.45, 2.75) is 16.9 Å². The van der Waals surface area contributed by atoms with Crippen LogP contribution in [0.5, 0.6) is 0 Å². The van der Waals surface area contributed by atoms with E-state index in [2.05, 4.69) is 4.72 Å². The number of rotatable bonds is 5. The molecule has 2 rings (SSSR count). The van der Waals surface area contributed by atoms with Crippen LogP contribution in [0.3, 0.4) is 0 Å². The molecule has 10 heteroatoms. The average molecular weight is 320 g/mol. The van der Waals surface area contributed by atoms with E-state index in [-0.39, 0.29) is 19.6 Å². The molecule has 1 atom stereocenters. The quantitative estimate of drug-likeness (QED) is 0.589. The fourth-order valence-electron chi connectivity index (χ4n) is 1.93. The highest BCUT2D eigenvalue weighted by molar-refractivity contribution is 7.89. The summed E-state index contributed by atoms with van der Waals surface area (Å²) in [5.74, 6) is -1.24. The first-order valence-electron chi connectivity index (χ1n) is 5.98. The van der Waals surface area contributed by atoms with Gasteiger partial charge in [-0.05, 0) is 12.1 Å². The molecule has 2 N–H and O–H groups in total. The van der Waals surface area contributed by atoms with Gasteiger partial charge in [-0.2, -0.15) is 4.39 Å². The Labute approximate surface area is 119 Å². The fraction of sp³-hybridized carbons (Fsp3) is 0.455. The second-order valence-electron chi connectivity index (χ2n) is 4.70. The molecule has 1 fully saturated rings. The van der Waals surface area contributed by atoms with E-state index in [9.17, 15) is 28.0 Å². The van der Waals surface area contributed by atoms with Gasteiger partial charge in [0.25, 0.3) is 0 Å². The first-order chi connectivity index (χ1) is 9.75. The Kier molecular flexibility index (Phi) is 4.23. The Morgan fingerprint density at radius 1 is 1.52 bits per heavy atom. The van der Waals surface area contributed by atoms with Crippen LogP contribution in [0.25, 0.3) is 0 Å². The smallest absolute Gasteiger partial charge is 0.324 e. The van der Waals surface area contributed by atoms with Gasteiger partial charge < -0.3 is 9.84 Å². The monoisotopic (exact) mass is 320 g/mol. The average Bonchev–Trinajstić information content (AvgIpc) is 2.83. The van der Waals surface area contributed by atoms with Gasteiger partial charge in [0.15, 0.2) is 4.90 Å². The molecule has 8 nitrogen and oxygen atoms in total. The zero-order valence-electron chi connectivity index (χ0n) is 10.8. The SMILES string of the molecule is O=[N+]([O-])c1c(F)cccc1S(=O)(=O)NCC1(O)CCOC1. The molecule has 0 aromatic heterocycles. The molecule has 1 aromatic carbocycles. The van der Waals surface area contributed by atoms with Gasteiger partial charge in [-0.25, -0.2) is 13.1 Å². The van der Waals surface area contributed by atoms with Gasteiger partial charge >= 0.3 is 5.69 Å². The second-order valence-corrected chi connectivity index (χ2v) is 6.43. The topological polar surface area (TPSA) is 119 Å². The summed E-state index contributed by atoms with van der Waals surface area (Å²) < 4.78 is 44.6. The maximum absolute atomic E-state index is 13.4. The number of nitrogens with one attached hydrogen (secondary N) is 1. The molecule has 0 amide bonds. The summed E-state index contributed by atoms with van der Waals surface area (Å²) in [4.78, 5) is 8.93. The molecule has 0 bridgehead atoms. The Bertz CT molecular complexity index is 657. The minimum atomic E-state index is -4.33. The highest BCUT2D eigenvalue weighted by Crippen LogP contribution is 2.27. The van der Waals surface area contributed by atoms with Crippen molar-refractivity contribution in [3.8, 4) is 0 Å². The predicted octanol–water partition coefficient (Wildman–Crippen LogP) is 0.164. The third-order valence-electron chi connectivity index (χ3n) is 3.10. The largest absolute Gasteiger partial charge is 0.386 e. The van der Waals surface area contributed by atoms with E-state index >= 15 is 0 Å². The van der Waals surface area contributed by atoms with Gasteiger partial charge in [0.2, 0.25) is 15.8 Å². The van der Waals surface area contributed by atoms with Crippen LogP contribution in [0.15, 0.2) is 23.1 Å². The number of benzene rings is 1. The van der Waals surface area contributed by atoms with Gasteiger partial charge in [0, 0.05) is 19.6 Å². The lowest BCUT2D eigenvalue weighted by molar-refractivity contribution is -0.390. The molecule has 0 aliphatic carbocycles. The Morgan fingerprint density at radius 3 is 2.81 bits per heavy atom. The number of nitro benzene ring substituents is 1. The van der Waals surface area contributed by atoms with Crippen molar-refractivity contribution in [2.24, 2.45) is 0 Å². The van der Waals surface area contributed by atoms with Gasteiger partial charge in [-0.1, -0.05) is 6.07 Å². The van der Waals surface area contributed by atoms with Crippen LogP contribution < -0.4 is 4.72 Å². The third kappa shape index (κ3) is 3.35. The first-order valence-corrected chi connectivity index (χ1v) is 7.46. The number of hydrogen-bond acceptors (Lipinski definition) is 6. The Hall–Kier alpha value is -1.62. The lowest BCUT2D eigenvalue weighted by Crippen LogP contribution is -2.43. The van der Waals surface area contributed by atoms with Crippen LogP contribution in [0.1, 0.15) is 6.42 Å². The summed E-state index contributed by atoms with van der Waals surface area (Å²) in [6.07, 6.45) is 0.237. The van der Waals surface area contributed by atoms with Crippen molar-refractivity contribution in [2.75, 3.05) is 19.8 Å². The van der Waals surface area contributed by atoms with Gasteiger partial charge in [-0.3, -0.25) is 10.1 Å². The van der Waals surface area contributed by atoms with E-state index in [4.69, 9.17) is 4.74 Å².